The van der Waals surface area contributed by atoms with E-state index in [1.807, 2.05) is 0 Å². The molecule has 1 saturated carbocycles. The summed E-state index contributed by atoms with van der Waals surface area (Å²) in [6, 6.07) is 4.80. The molecule has 0 heterocycles. The minimum Gasteiger partial charge on any atom is -0.483 e. The Labute approximate surface area is 95.3 Å². The molecular formula is C10H9BrClFO. The van der Waals surface area contributed by atoms with E-state index < -0.39 is 5.82 Å². The normalized spacial score (nSPS) is 17.9. The summed E-state index contributed by atoms with van der Waals surface area (Å²) >= 11 is 8.99. The van der Waals surface area contributed by atoms with Gasteiger partial charge in [-0.15, -0.1) is 0 Å². The van der Waals surface area contributed by atoms with Crippen molar-refractivity contribution < 1.29 is 9.13 Å². The second-order valence-electron chi connectivity index (χ2n) is 3.47. The van der Waals surface area contributed by atoms with Crippen molar-refractivity contribution >= 4 is 27.5 Å². The highest BCUT2D eigenvalue weighted by molar-refractivity contribution is 9.09. The zero-order valence-electron chi connectivity index (χ0n) is 7.40. The molecule has 0 N–H and O–H groups in total. The van der Waals surface area contributed by atoms with Crippen LogP contribution in [0.4, 0.5) is 4.39 Å². The van der Waals surface area contributed by atoms with E-state index in [4.69, 9.17) is 16.3 Å². The Bertz CT molecular complexity index is 352. The molecule has 1 aromatic rings. The average molecular weight is 280 g/mol. The van der Waals surface area contributed by atoms with Crippen LogP contribution in [0.15, 0.2) is 18.2 Å². The highest BCUT2D eigenvalue weighted by atomic mass is 79.9. The van der Waals surface area contributed by atoms with E-state index in [2.05, 4.69) is 15.9 Å². The first-order chi connectivity index (χ1) is 6.67. The molecule has 1 fully saturated rings. The average Bonchev–Trinajstić information content (AvgIpc) is 2.94. The Morgan fingerprint density at radius 2 is 2.21 bits per heavy atom. The molecule has 1 aliphatic carbocycles. The highest BCUT2D eigenvalue weighted by Crippen LogP contribution is 2.42. The quantitative estimate of drug-likeness (QED) is 0.765. The maximum absolute atomic E-state index is 13.4. The largest absolute Gasteiger partial charge is 0.483 e. The summed E-state index contributed by atoms with van der Waals surface area (Å²) < 4.78 is 19.0. The van der Waals surface area contributed by atoms with Crippen LogP contribution in [0, 0.1) is 5.82 Å². The molecular weight excluding hydrogens is 270 g/mol. The molecule has 0 saturated heterocycles. The van der Waals surface area contributed by atoms with Gasteiger partial charge in [0, 0.05) is 5.33 Å². The van der Waals surface area contributed by atoms with Crippen LogP contribution >= 0.6 is 27.5 Å². The van der Waals surface area contributed by atoms with Crippen molar-refractivity contribution in [3.63, 3.8) is 0 Å². The molecule has 0 atom stereocenters. The van der Waals surface area contributed by atoms with E-state index in [0.29, 0.717) is 0 Å². The summed E-state index contributed by atoms with van der Waals surface area (Å²) in [4.78, 5) is 0. The van der Waals surface area contributed by atoms with Crippen LogP contribution in [-0.2, 0) is 0 Å². The zero-order valence-corrected chi connectivity index (χ0v) is 9.74. The highest BCUT2D eigenvalue weighted by Gasteiger charge is 2.45. The molecule has 0 aliphatic heterocycles. The van der Waals surface area contributed by atoms with Crippen LogP contribution in [-0.4, -0.2) is 10.9 Å². The number of hydrogen-bond donors (Lipinski definition) is 0. The summed E-state index contributed by atoms with van der Waals surface area (Å²) in [7, 11) is 0. The van der Waals surface area contributed by atoms with E-state index in [1.165, 1.54) is 6.07 Å². The topological polar surface area (TPSA) is 9.23 Å². The predicted octanol–water partition coefficient (Wildman–Crippen LogP) is 3.79. The fraction of sp³-hybridized carbons (Fsp3) is 0.400. The van der Waals surface area contributed by atoms with Gasteiger partial charge >= 0.3 is 0 Å². The molecule has 1 nitrogen and oxygen atoms in total. The van der Waals surface area contributed by atoms with Crippen LogP contribution in [0.5, 0.6) is 5.75 Å². The lowest BCUT2D eigenvalue weighted by atomic mass is 10.3. The third-order valence-electron chi connectivity index (χ3n) is 2.29. The number of halogens is 3. The van der Waals surface area contributed by atoms with Gasteiger partial charge in [0.25, 0.3) is 0 Å². The van der Waals surface area contributed by atoms with E-state index in [-0.39, 0.29) is 16.4 Å². The van der Waals surface area contributed by atoms with Crippen molar-refractivity contribution in [3.05, 3.63) is 29.0 Å². The summed E-state index contributed by atoms with van der Waals surface area (Å²) in [5, 5.41) is 0.833. The second kappa shape index (κ2) is 3.70. The van der Waals surface area contributed by atoms with Crippen molar-refractivity contribution in [1.82, 2.24) is 0 Å². The first-order valence-corrected chi connectivity index (χ1v) is 5.86. The van der Waals surface area contributed by atoms with Crippen LogP contribution in [0.2, 0.25) is 5.02 Å². The first kappa shape index (κ1) is 10.2. The Balaban J connectivity index is 2.21. The fourth-order valence-corrected chi connectivity index (χ4v) is 2.04. The van der Waals surface area contributed by atoms with Gasteiger partial charge in [-0.25, -0.2) is 4.39 Å². The third-order valence-corrected chi connectivity index (χ3v) is 3.61. The summed E-state index contributed by atoms with van der Waals surface area (Å²) in [5.74, 6) is -0.226. The molecule has 4 heteroatoms. The first-order valence-electron chi connectivity index (χ1n) is 4.36. The molecule has 0 unspecified atom stereocenters. The van der Waals surface area contributed by atoms with E-state index in [9.17, 15) is 4.39 Å². The van der Waals surface area contributed by atoms with Crippen LogP contribution < -0.4 is 4.74 Å². The number of hydrogen-bond acceptors (Lipinski definition) is 1. The minimum atomic E-state index is -0.471. The number of ether oxygens (including phenoxy) is 1. The van der Waals surface area contributed by atoms with Crippen LogP contribution in [0.25, 0.3) is 0 Å². The van der Waals surface area contributed by atoms with Gasteiger partial charge in [0.05, 0.1) is 5.02 Å². The number of alkyl halides is 1. The standard InChI is InChI=1S/C10H9BrClFO/c11-6-10(4-5-10)14-8-3-1-2-7(12)9(8)13/h1-3H,4-6H2. The molecule has 2 rings (SSSR count). The Kier molecular flexibility index (Phi) is 2.71. The van der Waals surface area contributed by atoms with Crippen LogP contribution in [0.3, 0.4) is 0 Å². The van der Waals surface area contributed by atoms with Gasteiger partial charge in [0.1, 0.15) is 5.60 Å². The zero-order chi connectivity index (χ0) is 10.2. The molecule has 0 amide bonds. The number of benzene rings is 1. The summed E-state index contributed by atoms with van der Waals surface area (Å²) in [6.45, 7) is 0. The lowest BCUT2D eigenvalue weighted by Gasteiger charge is -2.15. The van der Waals surface area contributed by atoms with Crippen molar-refractivity contribution in [2.24, 2.45) is 0 Å². The molecule has 76 valence electrons. The maximum Gasteiger partial charge on any atom is 0.183 e. The maximum atomic E-state index is 13.4. The lowest BCUT2D eigenvalue weighted by molar-refractivity contribution is 0.197. The van der Waals surface area contributed by atoms with Gasteiger partial charge in [-0.2, -0.15) is 0 Å². The molecule has 1 aromatic carbocycles. The predicted molar refractivity (Wildman–Crippen MR) is 57.8 cm³/mol. The van der Waals surface area contributed by atoms with E-state index >= 15 is 0 Å². The van der Waals surface area contributed by atoms with E-state index in [0.717, 1.165) is 18.2 Å². The SMILES string of the molecule is Fc1c(Cl)cccc1OC1(CBr)CC1. The van der Waals surface area contributed by atoms with Crippen LogP contribution in [0.1, 0.15) is 12.8 Å². The molecule has 0 spiro atoms. The summed E-state index contributed by atoms with van der Waals surface area (Å²) in [5.41, 5.74) is -0.203. The van der Waals surface area contributed by atoms with Gasteiger partial charge in [-0.05, 0) is 25.0 Å². The van der Waals surface area contributed by atoms with Gasteiger partial charge in [-0.1, -0.05) is 33.6 Å². The lowest BCUT2D eigenvalue weighted by Crippen LogP contribution is -2.20. The Hall–Kier alpha value is -0.280. The van der Waals surface area contributed by atoms with Gasteiger partial charge in [-0.3, -0.25) is 0 Å². The molecule has 1 aliphatic rings. The van der Waals surface area contributed by atoms with Crippen molar-refractivity contribution in [2.75, 3.05) is 5.33 Å². The smallest absolute Gasteiger partial charge is 0.183 e. The van der Waals surface area contributed by atoms with Crippen molar-refractivity contribution in [2.45, 2.75) is 18.4 Å². The molecule has 0 radical (unpaired) electrons. The molecule has 0 aromatic heterocycles. The molecule has 14 heavy (non-hydrogen) atoms. The second-order valence-corrected chi connectivity index (χ2v) is 4.44. The van der Waals surface area contributed by atoms with E-state index in [1.54, 1.807) is 12.1 Å². The van der Waals surface area contributed by atoms with Gasteiger partial charge in [0.2, 0.25) is 0 Å². The Morgan fingerprint density at radius 3 is 2.79 bits per heavy atom. The van der Waals surface area contributed by atoms with Gasteiger partial charge in [0.15, 0.2) is 11.6 Å². The molecule has 0 bridgehead atoms. The van der Waals surface area contributed by atoms with Crippen molar-refractivity contribution in [1.29, 1.82) is 0 Å². The summed E-state index contributed by atoms with van der Waals surface area (Å²) in [6.07, 6.45) is 1.93. The minimum absolute atomic E-state index is 0.105. The third kappa shape index (κ3) is 1.89. The number of rotatable bonds is 3. The monoisotopic (exact) mass is 278 g/mol. The Morgan fingerprint density at radius 1 is 1.50 bits per heavy atom. The van der Waals surface area contributed by atoms with Gasteiger partial charge < -0.3 is 4.74 Å². The van der Waals surface area contributed by atoms with Crippen molar-refractivity contribution in [3.8, 4) is 5.75 Å². The fourth-order valence-electron chi connectivity index (χ4n) is 1.20.